The summed E-state index contributed by atoms with van der Waals surface area (Å²) in [5.74, 6) is -1.56. The monoisotopic (exact) mass is 865 g/mol. The zero-order valence-corrected chi connectivity index (χ0v) is 36.2. The molecule has 326 valence electrons. The summed E-state index contributed by atoms with van der Waals surface area (Å²) < 4.78 is 20.1. The number of halogens is 1. The second-order valence-electron chi connectivity index (χ2n) is 16.9. The number of H-pyrrole nitrogens is 1. The van der Waals surface area contributed by atoms with Gasteiger partial charge in [-0.3, -0.25) is 29.2 Å². The van der Waals surface area contributed by atoms with Gasteiger partial charge in [0.25, 0.3) is 5.91 Å². The van der Waals surface area contributed by atoms with Crippen LogP contribution in [0.25, 0.3) is 21.8 Å². The molecule has 0 bridgehead atoms. The fourth-order valence-electron chi connectivity index (χ4n) is 8.01. The number of pyridine rings is 1. The van der Waals surface area contributed by atoms with E-state index in [0.717, 1.165) is 40.1 Å². The van der Waals surface area contributed by atoms with E-state index in [0.29, 0.717) is 30.2 Å². The Morgan fingerprint density at radius 3 is 2.47 bits per heavy atom. The van der Waals surface area contributed by atoms with Gasteiger partial charge in [0.05, 0.1) is 47.2 Å². The maximum Gasteiger partial charge on any atom is 0.274 e. The Labute approximate surface area is 363 Å². The minimum Gasteiger partial charge on any atom is -0.495 e. The van der Waals surface area contributed by atoms with E-state index in [2.05, 4.69) is 41.0 Å². The predicted molar refractivity (Wildman–Crippen MR) is 233 cm³/mol. The lowest BCUT2D eigenvalue weighted by Crippen LogP contribution is -2.58. The van der Waals surface area contributed by atoms with Crippen LogP contribution in [0.3, 0.4) is 0 Å². The first-order valence-corrected chi connectivity index (χ1v) is 21.5. The number of likely N-dealkylation sites (tertiary alicyclic amines) is 2. The van der Waals surface area contributed by atoms with Crippen molar-refractivity contribution in [1.29, 1.82) is 0 Å². The van der Waals surface area contributed by atoms with Gasteiger partial charge in [-0.25, -0.2) is 14.4 Å². The van der Waals surface area contributed by atoms with Crippen LogP contribution in [0, 0.1) is 18.2 Å². The molecule has 3 atom stereocenters. The van der Waals surface area contributed by atoms with E-state index in [9.17, 15) is 28.7 Å². The van der Waals surface area contributed by atoms with Gasteiger partial charge in [-0.1, -0.05) is 51.1 Å². The van der Waals surface area contributed by atoms with Crippen LogP contribution in [0.1, 0.15) is 73.3 Å². The van der Waals surface area contributed by atoms with Gasteiger partial charge in [-0.05, 0) is 91.2 Å². The number of hydrogen-bond donors (Lipinski definition) is 5. The molecule has 3 aromatic heterocycles. The normalized spacial score (nSPS) is 17.7. The fraction of sp³-hybridized carbons (Fsp3) is 0.400. The fourth-order valence-corrected chi connectivity index (χ4v) is 8.82. The highest BCUT2D eigenvalue weighted by Crippen LogP contribution is 2.35. The SMILES string of the molecule is COc1cc(C2CCN(CC(=O)N[C@H](C(=O)N3C[C@H](O)C[C@H]3C(=O)NCc3ccc(-c4scnc4C)cc3)C(C)(C)C)CC2)ccc1NC(=O)c1ccc(F)c(-c2ccn[nH]2)n1. The van der Waals surface area contributed by atoms with Crippen molar-refractivity contribution in [3.05, 3.63) is 101 Å². The lowest BCUT2D eigenvalue weighted by atomic mass is 9.85. The summed E-state index contributed by atoms with van der Waals surface area (Å²) >= 11 is 1.57. The van der Waals surface area contributed by atoms with Gasteiger partial charge < -0.3 is 30.7 Å². The van der Waals surface area contributed by atoms with Crippen molar-refractivity contribution in [2.75, 3.05) is 38.6 Å². The minimum atomic E-state index is -0.931. The molecule has 7 rings (SSSR count). The first kappa shape index (κ1) is 44.0. The number of anilines is 1. The van der Waals surface area contributed by atoms with Crippen molar-refractivity contribution < 1.29 is 33.4 Å². The van der Waals surface area contributed by atoms with E-state index >= 15 is 0 Å². The standard InChI is InChI=1S/C45H52FN9O6S/c1-26-40(62-25-48-26)29-8-6-27(7-9-29)22-47-43(59)36-21-31(56)23-55(36)44(60)41(45(2,3)4)52-38(57)24-54-18-15-28(16-19-54)30-10-12-33(37(20-30)61-5)51-42(58)35-13-11-32(46)39(50-35)34-14-17-49-53-34/h6-14,17,20,25,28,31,36,41,56H,15-16,18-19,21-24H2,1-5H3,(H,47,59)(H,49,53)(H,51,58)(H,52,57)/t31-,36+,41-/m1/s1. The van der Waals surface area contributed by atoms with Crippen molar-refractivity contribution in [2.45, 2.75) is 77.6 Å². The smallest absolute Gasteiger partial charge is 0.274 e. The third-order valence-corrected chi connectivity index (χ3v) is 12.4. The van der Waals surface area contributed by atoms with Crippen molar-refractivity contribution in [1.82, 2.24) is 40.6 Å². The van der Waals surface area contributed by atoms with E-state index in [4.69, 9.17) is 4.74 Å². The van der Waals surface area contributed by atoms with E-state index in [1.165, 1.54) is 30.3 Å². The molecule has 0 aliphatic carbocycles. The molecule has 5 aromatic rings. The third-order valence-electron chi connectivity index (χ3n) is 11.4. The summed E-state index contributed by atoms with van der Waals surface area (Å²) in [6.07, 6.45) is 2.23. The first-order valence-electron chi connectivity index (χ1n) is 20.6. The predicted octanol–water partition coefficient (Wildman–Crippen LogP) is 5.29. The van der Waals surface area contributed by atoms with Crippen molar-refractivity contribution in [3.63, 3.8) is 0 Å². The molecule has 2 fully saturated rings. The lowest BCUT2D eigenvalue weighted by molar-refractivity contribution is -0.144. The number of aromatic amines is 1. The molecule has 15 nitrogen and oxygen atoms in total. The molecular weight excluding hydrogens is 814 g/mol. The Hall–Kier alpha value is -6.04. The first-order chi connectivity index (χ1) is 29.7. The number of ether oxygens (including phenoxy) is 1. The average molecular weight is 866 g/mol. The van der Waals surface area contributed by atoms with Gasteiger partial charge in [0.1, 0.15) is 29.2 Å². The Bertz CT molecular complexity index is 2390. The van der Waals surface area contributed by atoms with Gasteiger partial charge >= 0.3 is 0 Å². The number of carbonyl (C=O) groups excluding carboxylic acids is 4. The highest BCUT2D eigenvalue weighted by atomic mass is 32.1. The van der Waals surface area contributed by atoms with E-state index in [1.807, 2.05) is 69.6 Å². The number of nitrogens with zero attached hydrogens (tertiary/aromatic N) is 5. The van der Waals surface area contributed by atoms with E-state index in [1.54, 1.807) is 23.5 Å². The Kier molecular flexibility index (Phi) is 13.4. The van der Waals surface area contributed by atoms with Gasteiger partial charge in [-0.2, -0.15) is 5.10 Å². The Morgan fingerprint density at radius 1 is 1.05 bits per heavy atom. The van der Waals surface area contributed by atoms with Crippen LogP contribution in [-0.2, 0) is 20.9 Å². The number of rotatable bonds is 13. The summed E-state index contributed by atoms with van der Waals surface area (Å²) in [7, 11) is 1.52. The number of hydrogen-bond acceptors (Lipinski definition) is 11. The molecule has 2 aromatic carbocycles. The van der Waals surface area contributed by atoms with Gasteiger partial charge in [0.2, 0.25) is 17.7 Å². The zero-order valence-electron chi connectivity index (χ0n) is 35.4. The molecular formula is C45H52FN9O6S. The number of carbonyl (C=O) groups is 4. The number of aromatic nitrogens is 4. The van der Waals surface area contributed by atoms with Crippen LogP contribution in [-0.4, -0.2) is 110 Å². The number of amides is 4. The number of nitrogens with one attached hydrogen (secondary N) is 4. The quantitative estimate of drug-likeness (QED) is 0.104. The highest BCUT2D eigenvalue weighted by molar-refractivity contribution is 7.13. The lowest BCUT2D eigenvalue weighted by Gasteiger charge is -2.36. The number of piperidine rings is 1. The van der Waals surface area contributed by atoms with Crippen molar-refractivity contribution in [2.24, 2.45) is 5.41 Å². The molecule has 4 amide bonds. The second-order valence-corrected chi connectivity index (χ2v) is 17.8. The van der Waals surface area contributed by atoms with Crippen LogP contribution in [0.4, 0.5) is 10.1 Å². The summed E-state index contributed by atoms with van der Waals surface area (Å²) in [6, 6.07) is 15.7. The van der Waals surface area contributed by atoms with Crippen molar-refractivity contribution in [3.8, 4) is 27.6 Å². The number of aliphatic hydroxyl groups excluding tert-OH is 1. The molecule has 2 saturated heterocycles. The van der Waals surface area contributed by atoms with Crippen LogP contribution in [0.15, 0.2) is 72.4 Å². The zero-order chi connectivity index (χ0) is 44.1. The number of benzene rings is 2. The maximum atomic E-state index is 14.4. The number of β-amino-alcohol motifs (C(OH)–C–C–N with tert-alkyl or cyclic N) is 1. The molecule has 5 N–H and O–H groups in total. The Balaban J connectivity index is 0.915. The summed E-state index contributed by atoms with van der Waals surface area (Å²) in [5, 5.41) is 25.9. The van der Waals surface area contributed by atoms with Gasteiger partial charge in [0.15, 0.2) is 5.82 Å². The second kappa shape index (κ2) is 18.9. The molecule has 62 heavy (non-hydrogen) atoms. The topological polar surface area (TPSA) is 195 Å². The number of aliphatic hydroxyl groups is 1. The highest BCUT2D eigenvalue weighted by Gasteiger charge is 2.44. The van der Waals surface area contributed by atoms with Crippen LogP contribution < -0.4 is 20.7 Å². The van der Waals surface area contributed by atoms with Crippen LogP contribution in [0.2, 0.25) is 0 Å². The number of aryl methyl sites for hydroxylation is 1. The molecule has 0 spiro atoms. The minimum absolute atomic E-state index is 0.00704. The third kappa shape index (κ3) is 10.2. The summed E-state index contributed by atoms with van der Waals surface area (Å²) in [6.45, 7) is 9.17. The summed E-state index contributed by atoms with van der Waals surface area (Å²) in [4.78, 5) is 67.5. The number of thiazole rings is 1. The van der Waals surface area contributed by atoms with Crippen LogP contribution in [0.5, 0.6) is 5.75 Å². The molecule has 2 aliphatic rings. The van der Waals surface area contributed by atoms with E-state index in [-0.39, 0.29) is 55.2 Å². The molecule has 0 unspecified atom stereocenters. The van der Waals surface area contributed by atoms with Crippen molar-refractivity contribution >= 4 is 40.7 Å². The average Bonchev–Trinajstić information content (AvgIpc) is 4.04. The number of methoxy groups -OCH3 is 1. The summed E-state index contributed by atoms with van der Waals surface area (Å²) in [5.41, 5.74) is 5.85. The molecule has 0 saturated carbocycles. The van der Waals surface area contributed by atoms with Crippen LogP contribution >= 0.6 is 11.3 Å². The largest absolute Gasteiger partial charge is 0.495 e. The Morgan fingerprint density at radius 2 is 1.81 bits per heavy atom. The van der Waals surface area contributed by atoms with E-state index < -0.39 is 41.2 Å². The molecule has 2 aliphatic heterocycles. The van der Waals surface area contributed by atoms with Gasteiger partial charge in [0, 0.05) is 25.7 Å². The van der Waals surface area contributed by atoms with Gasteiger partial charge in [-0.15, -0.1) is 11.3 Å². The molecule has 0 radical (unpaired) electrons. The maximum absolute atomic E-state index is 14.4. The molecule has 5 heterocycles. The molecule has 17 heteroatoms.